The molecule has 24 heavy (non-hydrogen) atoms. The van der Waals surface area contributed by atoms with Gasteiger partial charge in [-0.1, -0.05) is 24.4 Å². The van der Waals surface area contributed by atoms with Crippen LogP contribution in [-0.2, 0) is 0 Å². The van der Waals surface area contributed by atoms with Crippen molar-refractivity contribution in [2.45, 2.75) is 56.8 Å². The van der Waals surface area contributed by atoms with Crippen LogP contribution >= 0.6 is 0 Å². The minimum atomic E-state index is -0.0335. The van der Waals surface area contributed by atoms with E-state index in [-0.39, 0.29) is 5.91 Å². The Morgan fingerprint density at radius 1 is 1.17 bits per heavy atom. The van der Waals surface area contributed by atoms with E-state index >= 15 is 0 Å². The van der Waals surface area contributed by atoms with Crippen LogP contribution in [0, 0.1) is 0 Å². The molecule has 6 heteroatoms. The molecule has 1 saturated heterocycles. The number of hydrogen-bond acceptors (Lipinski definition) is 4. The fourth-order valence-electron chi connectivity index (χ4n) is 4.05. The number of hydrogen-bond donors (Lipinski definition) is 1. The number of aromatic nitrogens is 3. The lowest BCUT2D eigenvalue weighted by atomic mass is 9.87. The zero-order valence-corrected chi connectivity index (χ0v) is 13.9. The van der Waals surface area contributed by atoms with Crippen molar-refractivity contribution in [3.8, 4) is 0 Å². The molecule has 3 heterocycles. The monoisotopic (exact) mass is 328 g/mol. The number of aromatic amines is 1. The van der Waals surface area contributed by atoms with Gasteiger partial charge in [0, 0.05) is 42.9 Å². The number of nitrogens with zero attached hydrogens (tertiary/aromatic N) is 3. The van der Waals surface area contributed by atoms with Gasteiger partial charge in [0.2, 0.25) is 5.76 Å². The molecule has 1 saturated carbocycles. The maximum Gasteiger partial charge on any atom is 0.292 e. The number of H-pyrrole nitrogens is 1. The van der Waals surface area contributed by atoms with E-state index in [1.807, 2.05) is 17.0 Å². The van der Waals surface area contributed by atoms with Crippen molar-refractivity contribution in [2.75, 3.05) is 13.1 Å². The van der Waals surface area contributed by atoms with Crippen LogP contribution in [0.1, 0.15) is 78.7 Å². The van der Waals surface area contributed by atoms with Crippen LogP contribution in [-0.4, -0.2) is 39.3 Å². The first-order valence-corrected chi connectivity index (χ1v) is 9.06. The lowest BCUT2D eigenvalue weighted by Gasteiger charge is -2.31. The van der Waals surface area contributed by atoms with Crippen LogP contribution in [0.5, 0.6) is 0 Å². The Hall–Kier alpha value is -2.11. The average Bonchev–Trinajstić information content (AvgIpc) is 3.34. The lowest BCUT2D eigenvalue weighted by Crippen LogP contribution is -2.39. The molecule has 128 valence electrons. The predicted molar refractivity (Wildman–Crippen MR) is 88.8 cm³/mol. The van der Waals surface area contributed by atoms with E-state index in [4.69, 9.17) is 4.52 Å². The summed E-state index contributed by atoms with van der Waals surface area (Å²) in [6.45, 7) is 1.49. The molecule has 4 rings (SSSR count). The second kappa shape index (κ2) is 6.79. The molecule has 2 aromatic heterocycles. The van der Waals surface area contributed by atoms with Gasteiger partial charge in [-0.2, -0.15) is 5.10 Å². The molecule has 6 nitrogen and oxygen atoms in total. The first kappa shape index (κ1) is 15.4. The van der Waals surface area contributed by atoms with E-state index in [2.05, 4.69) is 15.4 Å². The summed E-state index contributed by atoms with van der Waals surface area (Å²) in [6, 6.07) is 3.87. The van der Waals surface area contributed by atoms with Crippen molar-refractivity contribution in [3.05, 3.63) is 35.5 Å². The zero-order valence-electron chi connectivity index (χ0n) is 13.9. The molecule has 0 bridgehead atoms. The maximum absolute atomic E-state index is 12.8. The Balaban J connectivity index is 1.44. The van der Waals surface area contributed by atoms with Gasteiger partial charge >= 0.3 is 0 Å². The smallest absolute Gasteiger partial charge is 0.292 e. The lowest BCUT2D eigenvalue weighted by molar-refractivity contribution is 0.0663. The summed E-state index contributed by atoms with van der Waals surface area (Å²) in [7, 11) is 0. The number of carbonyl (C=O) groups is 1. The van der Waals surface area contributed by atoms with Crippen molar-refractivity contribution in [2.24, 2.45) is 0 Å². The van der Waals surface area contributed by atoms with Gasteiger partial charge in [0.05, 0.1) is 5.69 Å². The van der Waals surface area contributed by atoms with Crippen molar-refractivity contribution in [1.82, 2.24) is 20.3 Å². The highest BCUT2D eigenvalue weighted by Gasteiger charge is 2.29. The van der Waals surface area contributed by atoms with E-state index in [9.17, 15) is 4.79 Å². The molecule has 2 fully saturated rings. The van der Waals surface area contributed by atoms with Gasteiger partial charge in [0.15, 0.2) is 0 Å². The quantitative estimate of drug-likeness (QED) is 0.936. The second-order valence-electron chi connectivity index (χ2n) is 7.05. The highest BCUT2D eigenvalue weighted by atomic mass is 16.5. The topological polar surface area (TPSA) is 75.0 Å². The molecular formula is C18H24N4O2. The molecule has 2 aliphatic rings. The van der Waals surface area contributed by atoms with Gasteiger partial charge in [-0.15, -0.1) is 0 Å². The van der Waals surface area contributed by atoms with Gasteiger partial charge in [0.25, 0.3) is 5.91 Å². The summed E-state index contributed by atoms with van der Waals surface area (Å²) in [5, 5.41) is 11.2. The van der Waals surface area contributed by atoms with Crippen LogP contribution in [0.2, 0.25) is 0 Å². The molecule has 1 atom stereocenters. The van der Waals surface area contributed by atoms with E-state index in [1.54, 1.807) is 6.20 Å². The molecule has 0 spiro atoms. The zero-order chi connectivity index (χ0) is 16.4. The molecule has 1 aliphatic carbocycles. The van der Waals surface area contributed by atoms with Crippen LogP contribution < -0.4 is 0 Å². The normalized spacial score (nSPS) is 22.7. The SMILES string of the molecule is O=C(c1cc(C2CCCCC2)no1)N1CCCC(c2ccn[nH]2)C1. The predicted octanol–water partition coefficient (Wildman–Crippen LogP) is 3.47. The fraction of sp³-hybridized carbons (Fsp3) is 0.611. The average molecular weight is 328 g/mol. The molecule has 1 N–H and O–H groups in total. The maximum atomic E-state index is 12.8. The Kier molecular flexibility index (Phi) is 4.36. The number of nitrogens with one attached hydrogen (secondary N) is 1. The first-order valence-electron chi connectivity index (χ1n) is 9.06. The van der Waals surface area contributed by atoms with Crippen LogP contribution in [0.3, 0.4) is 0 Å². The van der Waals surface area contributed by atoms with E-state index in [0.717, 1.165) is 43.6 Å². The second-order valence-corrected chi connectivity index (χ2v) is 7.05. The molecule has 2 aromatic rings. The number of likely N-dealkylation sites (tertiary alicyclic amines) is 1. The van der Waals surface area contributed by atoms with Gasteiger partial charge in [-0.3, -0.25) is 9.89 Å². The molecule has 1 amide bonds. The summed E-state index contributed by atoms with van der Waals surface area (Å²) in [6.07, 6.45) is 9.97. The van der Waals surface area contributed by atoms with Gasteiger partial charge < -0.3 is 9.42 Å². The minimum absolute atomic E-state index is 0.0335. The highest BCUT2D eigenvalue weighted by Crippen LogP contribution is 2.32. The molecule has 0 radical (unpaired) electrons. The fourth-order valence-corrected chi connectivity index (χ4v) is 4.05. The number of rotatable bonds is 3. The standard InChI is InChI=1S/C18H24N4O2/c23-18(17-11-16(21-24-17)13-5-2-1-3-6-13)22-10-4-7-14(12-22)15-8-9-19-20-15/h8-9,11,13-14H,1-7,10,12H2,(H,19,20). The number of carbonyl (C=O) groups excluding carboxylic acids is 1. The molecule has 0 aromatic carbocycles. The summed E-state index contributed by atoms with van der Waals surface area (Å²) in [5.74, 6) is 1.14. The Labute approximate surface area is 141 Å². The summed E-state index contributed by atoms with van der Waals surface area (Å²) < 4.78 is 5.40. The summed E-state index contributed by atoms with van der Waals surface area (Å²) in [4.78, 5) is 14.7. The van der Waals surface area contributed by atoms with Crippen molar-refractivity contribution >= 4 is 5.91 Å². The van der Waals surface area contributed by atoms with Crippen LogP contribution in [0.15, 0.2) is 22.9 Å². The van der Waals surface area contributed by atoms with Crippen LogP contribution in [0.25, 0.3) is 0 Å². The Morgan fingerprint density at radius 2 is 2.00 bits per heavy atom. The Morgan fingerprint density at radius 3 is 2.79 bits per heavy atom. The van der Waals surface area contributed by atoms with Crippen molar-refractivity contribution < 1.29 is 9.32 Å². The summed E-state index contributed by atoms with van der Waals surface area (Å²) in [5.41, 5.74) is 2.06. The summed E-state index contributed by atoms with van der Waals surface area (Å²) >= 11 is 0. The first-order chi connectivity index (χ1) is 11.8. The van der Waals surface area contributed by atoms with E-state index in [0.29, 0.717) is 24.1 Å². The van der Waals surface area contributed by atoms with Gasteiger partial charge in [-0.05, 0) is 31.7 Å². The largest absolute Gasteiger partial charge is 0.351 e. The third kappa shape index (κ3) is 3.09. The molecule has 1 aliphatic heterocycles. The molecular weight excluding hydrogens is 304 g/mol. The van der Waals surface area contributed by atoms with Gasteiger partial charge in [-0.25, -0.2) is 0 Å². The van der Waals surface area contributed by atoms with Crippen LogP contribution in [0.4, 0.5) is 0 Å². The highest BCUT2D eigenvalue weighted by molar-refractivity contribution is 5.91. The van der Waals surface area contributed by atoms with Gasteiger partial charge in [0.1, 0.15) is 0 Å². The third-order valence-electron chi connectivity index (χ3n) is 5.43. The van der Waals surface area contributed by atoms with E-state index < -0.39 is 0 Å². The van der Waals surface area contributed by atoms with Crippen molar-refractivity contribution in [1.29, 1.82) is 0 Å². The third-order valence-corrected chi connectivity index (χ3v) is 5.43. The number of amides is 1. The minimum Gasteiger partial charge on any atom is -0.351 e. The molecule has 1 unspecified atom stereocenters. The van der Waals surface area contributed by atoms with E-state index in [1.165, 1.54) is 19.3 Å². The Bertz CT molecular complexity index is 673. The number of piperidine rings is 1. The van der Waals surface area contributed by atoms with Crippen molar-refractivity contribution in [3.63, 3.8) is 0 Å².